The third kappa shape index (κ3) is 3.07. The van der Waals surface area contributed by atoms with Crippen molar-refractivity contribution < 1.29 is 9.90 Å². The Hall–Kier alpha value is -1.69. The Balaban J connectivity index is 2.20. The molecule has 1 aromatic rings. The van der Waals surface area contributed by atoms with E-state index in [1.807, 2.05) is 0 Å². The SMILES string of the molecule is Cc1n[nH]c(=O)c(C(=O)NC2CCCCCC2O)c1C. The topological polar surface area (TPSA) is 95.1 Å². The van der Waals surface area contributed by atoms with Crippen LogP contribution in [0.25, 0.3) is 0 Å². The van der Waals surface area contributed by atoms with Crippen molar-refractivity contribution in [2.45, 2.75) is 58.1 Å². The summed E-state index contributed by atoms with van der Waals surface area (Å²) in [5, 5.41) is 19.0. The summed E-state index contributed by atoms with van der Waals surface area (Å²) in [5.41, 5.74) is 0.799. The first kappa shape index (κ1) is 14.7. The van der Waals surface area contributed by atoms with Gasteiger partial charge in [-0.3, -0.25) is 9.59 Å². The van der Waals surface area contributed by atoms with Crippen LogP contribution in [0.4, 0.5) is 0 Å². The molecule has 0 spiro atoms. The number of aliphatic hydroxyl groups excluding tert-OH is 1. The fourth-order valence-corrected chi connectivity index (χ4v) is 2.60. The van der Waals surface area contributed by atoms with E-state index in [0.29, 0.717) is 17.7 Å². The molecule has 1 fully saturated rings. The minimum Gasteiger partial charge on any atom is -0.391 e. The van der Waals surface area contributed by atoms with Gasteiger partial charge in [0, 0.05) is 0 Å². The standard InChI is InChI=1S/C14H21N3O3/c1-8-9(2)16-17-14(20)12(8)13(19)15-10-6-4-3-5-7-11(10)18/h10-11,18H,3-7H2,1-2H3,(H,15,19)(H,17,20). The summed E-state index contributed by atoms with van der Waals surface area (Å²) in [5.74, 6) is -0.430. The number of aromatic amines is 1. The van der Waals surface area contributed by atoms with Crippen LogP contribution < -0.4 is 10.9 Å². The monoisotopic (exact) mass is 279 g/mol. The van der Waals surface area contributed by atoms with Gasteiger partial charge in [-0.1, -0.05) is 19.3 Å². The molecule has 2 atom stereocenters. The third-order valence-electron chi connectivity index (χ3n) is 3.99. The first-order valence-corrected chi connectivity index (χ1v) is 7.05. The third-order valence-corrected chi connectivity index (χ3v) is 3.99. The fraction of sp³-hybridized carbons (Fsp3) is 0.643. The fourth-order valence-electron chi connectivity index (χ4n) is 2.60. The molecule has 0 bridgehead atoms. The van der Waals surface area contributed by atoms with Gasteiger partial charge in [0.15, 0.2) is 0 Å². The van der Waals surface area contributed by atoms with Gasteiger partial charge in [0.1, 0.15) is 5.56 Å². The van der Waals surface area contributed by atoms with Gasteiger partial charge >= 0.3 is 0 Å². The van der Waals surface area contributed by atoms with Crippen LogP contribution >= 0.6 is 0 Å². The molecule has 0 radical (unpaired) electrons. The lowest BCUT2D eigenvalue weighted by Gasteiger charge is -2.22. The zero-order valence-electron chi connectivity index (χ0n) is 11.9. The Labute approximate surface area is 117 Å². The average molecular weight is 279 g/mol. The second-order valence-electron chi connectivity index (χ2n) is 5.42. The van der Waals surface area contributed by atoms with E-state index in [1.54, 1.807) is 13.8 Å². The number of aryl methyl sites for hydroxylation is 1. The van der Waals surface area contributed by atoms with Gasteiger partial charge in [0.25, 0.3) is 11.5 Å². The number of aliphatic hydroxyl groups is 1. The molecule has 2 unspecified atom stereocenters. The number of aromatic nitrogens is 2. The van der Waals surface area contributed by atoms with E-state index in [9.17, 15) is 14.7 Å². The van der Waals surface area contributed by atoms with Crippen LogP contribution in [0.3, 0.4) is 0 Å². The van der Waals surface area contributed by atoms with Crippen molar-refractivity contribution in [2.75, 3.05) is 0 Å². The van der Waals surface area contributed by atoms with Crippen molar-refractivity contribution in [3.05, 3.63) is 27.2 Å². The predicted molar refractivity (Wildman–Crippen MR) is 74.7 cm³/mol. The lowest BCUT2D eigenvalue weighted by molar-refractivity contribution is 0.0816. The van der Waals surface area contributed by atoms with Gasteiger partial charge in [-0.2, -0.15) is 5.10 Å². The van der Waals surface area contributed by atoms with Crippen molar-refractivity contribution in [1.29, 1.82) is 0 Å². The number of H-pyrrole nitrogens is 1. The maximum atomic E-state index is 12.3. The molecule has 6 nitrogen and oxygen atoms in total. The molecule has 0 aromatic carbocycles. The largest absolute Gasteiger partial charge is 0.391 e. The molecule has 1 heterocycles. The molecule has 0 aliphatic heterocycles. The number of amides is 1. The van der Waals surface area contributed by atoms with Crippen LogP contribution in [-0.4, -0.2) is 33.4 Å². The van der Waals surface area contributed by atoms with Crippen LogP contribution in [0.1, 0.15) is 53.7 Å². The molecule has 20 heavy (non-hydrogen) atoms. The number of nitrogens with zero attached hydrogens (tertiary/aromatic N) is 1. The summed E-state index contributed by atoms with van der Waals surface area (Å²) in [6, 6.07) is -0.280. The Bertz CT molecular complexity index is 553. The van der Waals surface area contributed by atoms with Gasteiger partial charge in [0.05, 0.1) is 17.8 Å². The molecule has 0 saturated heterocycles. The molecular formula is C14H21N3O3. The summed E-state index contributed by atoms with van der Waals surface area (Å²) >= 11 is 0. The van der Waals surface area contributed by atoms with Gasteiger partial charge in [-0.25, -0.2) is 5.10 Å². The van der Waals surface area contributed by atoms with E-state index in [1.165, 1.54) is 0 Å². The van der Waals surface area contributed by atoms with E-state index in [0.717, 1.165) is 25.7 Å². The van der Waals surface area contributed by atoms with Crippen LogP contribution in [0.2, 0.25) is 0 Å². The van der Waals surface area contributed by atoms with Crippen molar-refractivity contribution >= 4 is 5.91 Å². The van der Waals surface area contributed by atoms with Crippen LogP contribution in [0.5, 0.6) is 0 Å². The van der Waals surface area contributed by atoms with Gasteiger partial charge in [-0.15, -0.1) is 0 Å². The number of hydrogen-bond acceptors (Lipinski definition) is 4. The molecule has 1 amide bonds. The first-order valence-electron chi connectivity index (χ1n) is 7.05. The second kappa shape index (κ2) is 6.17. The number of carbonyl (C=O) groups is 1. The minimum absolute atomic E-state index is 0.0916. The number of rotatable bonds is 2. The summed E-state index contributed by atoms with van der Waals surface area (Å²) in [4.78, 5) is 24.1. The highest BCUT2D eigenvalue weighted by molar-refractivity contribution is 5.95. The molecule has 110 valence electrons. The van der Waals surface area contributed by atoms with E-state index >= 15 is 0 Å². The van der Waals surface area contributed by atoms with Crippen molar-refractivity contribution in [1.82, 2.24) is 15.5 Å². The van der Waals surface area contributed by atoms with Gasteiger partial charge in [0.2, 0.25) is 0 Å². The molecule has 1 aliphatic rings. The Kier molecular flexibility index (Phi) is 4.54. The summed E-state index contributed by atoms with van der Waals surface area (Å²) in [7, 11) is 0. The molecule has 1 aliphatic carbocycles. The second-order valence-corrected chi connectivity index (χ2v) is 5.42. The van der Waals surface area contributed by atoms with Crippen LogP contribution in [-0.2, 0) is 0 Å². The van der Waals surface area contributed by atoms with E-state index < -0.39 is 17.6 Å². The number of carbonyl (C=O) groups excluding carboxylic acids is 1. The Morgan fingerprint density at radius 2 is 2.00 bits per heavy atom. The van der Waals surface area contributed by atoms with Gasteiger partial charge < -0.3 is 10.4 Å². The zero-order chi connectivity index (χ0) is 14.7. The lowest BCUT2D eigenvalue weighted by atomic mass is 10.0. The molecule has 2 rings (SSSR count). The maximum absolute atomic E-state index is 12.3. The molecular weight excluding hydrogens is 258 g/mol. The van der Waals surface area contributed by atoms with E-state index in [4.69, 9.17) is 0 Å². The summed E-state index contributed by atoms with van der Waals surface area (Å²) < 4.78 is 0. The van der Waals surface area contributed by atoms with Gasteiger partial charge in [-0.05, 0) is 32.3 Å². The molecule has 1 aromatic heterocycles. The summed E-state index contributed by atoms with van der Waals surface area (Å²) in [6.45, 7) is 3.44. The lowest BCUT2D eigenvalue weighted by Crippen LogP contribution is -2.44. The average Bonchev–Trinajstić information content (AvgIpc) is 2.60. The quantitative estimate of drug-likeness (QED) is 0.698. The van der Waals surface area contributed by atoms with Crippen molar-refractivity contribution in [3.63, 3.8) is 0 Å². The highest BCUT2D eigenvalue weighted by atomic mass is 16.3. The van der Waals surface area contributed by atoms with E-state index in [-0.39, 0.29) is 11.6 Å². The zero-order valence-corrected chi connectivity index (χ0v) is 11.9. The Morgan fingerprint density at radius 3 is 2.75 bits per heavy atom. The number of nitrogens with one attached hydrogen (secondary N) is 2. The maximum Gasteiger partial charge on any atom is 0.277 e. The highest BCUT2D eigenvalue weighted by Crippen LogP contribution is 2.18. The Morgan fingerprint density at radius 1 is 1.30 bits per heavy atom. The highest BCUT2D eigenvalue weighted by Gasteiger charge is 2.25. The van der Waals surface area contributed by atoms with Crippen molar-refractivity contribution in [3.8, 4) is 0 Å². The predicted octanol–water partition coefficient (Wildman–Crippen LogP) is 0.810. The summed E-state index contributed by atoms with van der Waals surface area (Å²) in [6.07, 6.45) is 3.92. The van der Waals surface area contributed by atoms with Crippen LogP contribution in [0.15, 0.2) is 4.79 Å². The molecule has 6 heteroatoms. The van der Waals surface area contributed by atoms with Crippen molar-refractivity contribution in [2.24, 2.45) is 0 Å². The molecule has 1 saturated carbocycles. The molecule has 3 N–H and O–H groups in total. The van der Waals surface area contributed by atoms with E-state index in [2.05, 4.69) is 15.5 Å². The smallest absolute Gasteiger partial charge is 0.277 e. The van der Waals surface area contributed by atoms with Crippen LogP contribution in [0, 0.1) is 13.8 Å². The number of hydrogen-bond donors (Lipinski definition) is 3. The first-order chi connectivity index (χ1) is 9.50. The normalized spacial score (nSPS) is 23.1. The minimum atomic E-state index is -0.538.